The molecule has 0 spiro atoms. The second kappa shape index (κ2) is 4.13. The molecule has 1 heterocycles. The van der Waals surface area contributed by atoms with Gasteiger partial charge in [-0.1, -0.05) is 13.8 Å². The first-order chi connectivity index (χ1) is 6.60. The van der Waals surface area contributed by atoms with Gasteiger partial charge in [0.15, 0.2) is 0 Å². The third-order valence-corrected chi connectivity index (χ3v) is 3.54. The van der Waals surface area contributed by atoms with Gasteiger partial charge in [0.2, 0.25) is 5.91 Å². The fraction of sp³-hybridized carbons (Fsp3) is 0.667. The number of rotatable bonds is 2. The van der Waals surface area contributed by atoms with Crippen molar-refractivity contribution in [1.29, 1.82) is 0 Å². The molecular weight excluding hydrogens is 200 g/mol. The SMILES string of the molecule is CCC1(CC)C(=O)NC(=O)N=C1SC. The van der Waals surface area contributed by atoms with Gasteiger partial charge in [-0.25, -0.2) is 4.79 Å². The Labute approximate surface area is 87.5 Å². The van der Waals surface area contributed by atoms with Gasteiger partial charge in [0.05, 0.1) is 10.5 Å². The highest BCUT2D eigenvalue weighted by Crippen LogP contribution is 2.35. The van der Waals surface area contributed by atoms with Crippen molar-refractivity contribution in [3.05, 3.63) is 0 Å². The zero-order valence-electron chi connectivity index (χ0n) is 8.59. The molecule has 0 radical (unpaired) electrons. The van der Waals surface area contributed by atoms with E-state index < -0.39 is 11.4 Å². The Balaban J connectivity index is 3.18. The van der Waals surface area contributed by atoms with Crippen molar-refractivity contribution < 1.29 is 9.59 Å². The lowest BCUT2D eigenvalue weighted by atomic mass is 9.81. The summed E-state index contributed by atoms with van der Waals surface area (Å²) in [4.78, 5) is 26.6. The van der Waals surface area contributed by atoms with Crippen LogP contribution in [0, 0.1) is 5.41 Å². The van der Waals surface area contributed by atoms with Crippen LogP contribution in [0.3, 0.4) is 0 Å². The molecule has 0 fully saturated rings. The van der Waals surface area contributed by atoms with Crippen molar-refractivity contribution in [2.75, 3.05) is 6.26 Å². The molecule has 0 aromatic heterocycles. The largest absolute Gasteiger partial charge is 0.348 e. The van der Waals surface area contributed by atoms with E-state index in [4.69, 9.17) is 0 Å². The number of amides is 3. The summed E-state index contributed by atoms with van der Waals surface area (Å²) in [6.45, 7) is 3.87. The Morgan fingerprint density at radius 3 is 2.36 bits per heavy atom. The third-order valence-electron chi connectivity index (χ3n) is 2.67. The van der Waals surface area contributed by atoms with Crippen LogP contribution in [-0.4, -0.2) is 23.2 Å². The molecule has 1 rings (SSSR count). The number of thioether (sulfide) groups is 1. The number of nitrogens with one attached hydrogen (secondary N) is 1. The molecule has 0 saturated carbocycles. The maximum absolute atomic E-state index is 11.7. The van der Waals surface area contributed by atoms with E-state index in [0.717, 1.165) is 0 Å². The molecule has 5 heteroatoms. The van der Waals surface area contributed by atoms with E-state index in [1.165, 1.54) is 11.8 Å². The van der Waals surface area contributed by atoms with Gasteiger partial charge in [0.1, 0.15) is 0 Å². The van der Waals surface area contributed by atoms with Crippen molar-refractivity contribution in [2.24, 2.45) is 10.4 Å². The summed E-state index contributed by atoms with van der Waals surface area (Å²) in [6, 6.07) is -0.545. The van der Waals surface area contributed by atoms with Gasteiger partial charge in [-0.05, 0) is 19.1 Å². The van der Waals surface area contributed by atoms with Crippen LogP contribution in [0.1, 0.15) is 26.7 Å². The van der Waals surface area contributed by atoms with Gasteiger partial charge in [-0.3, -0.25) is 10.1 Å². The Kier molecular flexibility index (Phi) is 3.31. The summed E-state index contributed by atoms with van der Waals surface area (Å²) < 4.78 is 0. The highest BCUT2D eigenvalue weighted by Gasteiger charge is 2.43. The minimum absolute atomic E-state index is 0.216. The summed E-state index contributed by atoms with van der Waals surface area (Å²) in [5.41, 5.74) is -0.590. The predicted octanol–water partition coefficient (Wildman–Crippen LogP) is 1.80. The van der Waals surface area contributed by atoms with Crippen LogP contribution in [0.4, 0.5) is 4.79 Å². The number of hydrogen-bond donors (Lipinski definition) is 1. The van der Waals surface area contributed by atoms with Crippen LogP contribution in [0.25, 0.3) is 0 Å². The quantitative estimate of drug-likeness (QED) is 0.762. The number of carbonyl (C=O) groups excluding carboxylic acids is 2. The summed E-state index contributed by atoms with van der Waals surface area (Å²) in [6.07, 6.45) is 3.18. The monoisotopic (exact) mass is 214 g/mol. The second-order valence-corrected chi connectivity index (χ2v) is 3.96. The van der Waals surface area contributed by atoms with Gasteiger partial charge < -0.3 is 0 Å². The van der Waals surface area contributed by atoms with Crippen molar-refractivity contribution in [3.63, 3.8) is 0 Å². The van der Waals surface area contributed by atoms with Crippen molar-refractivity contribution in [2.45, 2.75) is 26.7 Å². The van der Waals surface area contributed by atoms with Crippen LogP contribution < -0.4 is 5.32 Å². The lowest BCUT2D eigenvalue weighted by Gasteiger charge is -2.32. The molecule has 1 aliphatic rings. The minimum atomic E-state index is -0.590. The first kappa shape index (κ1) is 11.2. The molecule has 0 saturated heterocycles. The molecule has 14 heavy (non-hydrogen) atoms. The van der Waals surface area contributed by atoms with Gasteiger partial charge in [-0.2, -0.15) is 4.99 Å². The molecule has 0 aromatic rings. The number of nitrogens with zero attached hydrogens (tertiary/aromatic N) is 1. The Hall–Kier alpha value is -0.840. The number of imide groups is 1. The molecular formula is C9H14N2O2S. The van der Waals surface area contributed by atoms with Gasteiger partial charge in [0.25, 0.3) is 0 Å². The molecule has 0 aliphatic carbocycles. The smallest absolute Gasteiger partial charge is 0.275 e. The molecule has 4 nitrogen and oxygen atoms in total. The Bertz CT molecular complexity index is 295. The first-order valence-corrected chi connectivity index (χ1v) is 5.81. The predicted molar refractivity (Wildman–Crippen MR) is 57.5 cm³/mol. The molecule has 0 bridgehead atoms. The van der Waals surface area contributed by atoms with Gasteiger partial charge >= 0.3 is 6.03 Å². The van der Waals surface area contributed by atoms with Crippen LogP contribution in [0.2, 0.25) is 0 Å². The maximum Gasteiger partial charge on any atom is 0.348 e. The van der Waals surface area contributed by atoms with Gasteiger partial charge in [-0.15, -0.1) is 11.8 Å². The van der Waals surface area contributed by atoms with E-state index in [0.29, 0.717) is 17.9 Å². The molecule has 3 amide bonds. The normalized spacial score (nSPS) is 20.4. The van der Waals surface area contributed by atoms with E-state index in [1.807, 2.05) is 20.1 Å². The molecule has 0 unspecified atom stereocenters. The number of urea groups is 1. The lowest BCUT2D eigenvalue weighted by molar-refractivity contribution is -0.126. The minimum Gasteiger partial charge on any atom is -0.275 e. The highest BCUT2D eigenvalue weighted by atomic mass is 32.2. The molecule has 78 valence electrons. The third kappa shape index (κ3) is 1.56. The van der Waals surface area contributed by atoms with E-state index in [-0.39, 0.29) is 5.91 Å². The number of aliphatic imine (C=N–C) groups is 1. The zero-order chi connectivity index (χ0) is 10.8. The summed E-state index contributed by atoms with van der Waals surface area (Å²) in [5, 5.41) is 2.89. The standard InChI is InChI=1S/C9H14N2O2S/c1-4-9(5-2)6(12)10-8(13)11-7(9)14-3/h4-5H2,1-3H3,(H,10,12,13). The highest BCUT2D eigenvalue weighted by molar-refractivity contribution is 8.13. The topological polar surface area (TPSA) is 58.5 Å². The summed E-state index contributed by atoms with van der Waals surface area (Å²) >= 11 is 1.38. The summed E-state index contributed by atoms with van der Waals surface area (Å²) in [5.74, 6) is -0.216. The molecule has 1 aliphatic heterocycles. The van der Waals surface area contributed by atoms with Crippen molar-refractivity contribution in [1.82, 2.24) is 5.32 Å². The molecule has 1 N–H and O–H groups in total. The van der Waals surface area contributed by atoms with E-state index >= 15 is 0 Å². The van der Waals surface area contributed by atoms with E-state index in [2.05, 4.69) is 10.3 Å². The van der Waals surface area contributed by atoms with E-state index in [9.17, 15) is 9.59 Å². The molecule has 0 aromatic carbocycles. The Morgan fingerprint density at radius 1 is 1.36 bits per heavy atom. The summed E-state index contributed by atoms with van der Waals surface area (Å²) in [7, 11) is 0. The fourth-order valence-corrected chi connectivity index (χ4v) is 2.60. The number of carbonyl (C=O) groups is 2. The van der Waals surface area contributed by atoms with E-state index in [1.54, 1.807) is 0 Å². The molecule has 0 atom stereocenters. The Morgan fingerprint density at radius 2 is 1.93 bits per heavy atom. The average Bonchev–Trinajstić information content (AvgIpc) is 2.17. The van der Waals surface area contributed by atoms with Crippen molar-refractivity contribution >= 4 is 28.7 Å². The van der Waals surface area contributed by atoms with Crippen LogP contribution in [0.5, 0.6) is 0 Å². The number of hydrogen-bond acceptors (Lipinski definition) is 3. The maximum atomic E-state index is 11.7. The van der Waals surface area contributed by atoms with Crippen LogP contribution in [-0.2, 0) is 4.79 Å². The van der Waals surface area contributed by atoms with Crippen molar-refractivity contribution in [3.8, 4) is 0 Å². The van der Waals surface area contributed by atoms with Crippen LogP contribution >= 0.6 is 11.8 Å². The van der Waals surface area contributed by atoms with Crippen LogP contribution in [0.15, 0.2) is 4.99 Å². The van der Waals surface area contributed by atoms with Gasteiger partial charge in [0, 0.05) is 0 Å². The average molecular weight is 214 g/mol. The lowest BCUT2D eigenvalue weighted by Crippen LogP contribution is -2.50. The first-order valence-electron chi connectivity index (χ1n) is 4.59. The fourth-order valence-electron chi connectivity index (χ4n) is 1.66. The zero-order valence-corrected chi connectivity index (χ0v) is 9.40. The second-order valence-electron chi connectivity index (χ2n) is 3.17.